The SMILES string of the molecule is O=C(Oc1ccc2cc(SC(=O)c3cccc4c3C3(CC4)CCc4cccc(C(=O)Sc5ccc6cc(OC(=O)c7ccc(OCCOCC8CO8)o7)ccc6c5)c43)ccc2c1)c1ccc(OCCOCC2CO2)o1. The molecule has 1 spiro atoms. The van der Waals surface area contributed by atoms with Crippen molar-refractivity contribution in [1.29, 1.82) is 0 Å². The summed E-state index contributed by atoms with van der Waals surface area (Å²) in [6.07, 6.45) is 3.54. The van der Waals surface area contributed by atoms with Crippen molar-refractivity contribution < 1.29 is 65.9 Å². The molecule has 16 heteroatoms. The van der Waals surface area contributed by atoms with Gasteiger partial charge in [0, 0.05) is 38.5 Å². The third kappa shape index (κ3) is 10.9. The summed E-state index contributed by atoms with van der Waals surface area (Å²) in [5.41, 5.74) is 5.12. The van der Waals surface area contributed by atoms with E-state index in [1.54, 1.807) is 36.4 Å². The van der Waals surface area contributed by atoms with E-state index in [4.69, 9.17) is 46.7 Å². The maximum absolute atomic E-state index is 14.5. The number of aryl methyl sites for hydroxylation is 2. The number of carbonyl (C=O) groups is 4. The van der Waals surface area contributed by atoms with Crippen LogP contribution in [0.3, 0.4) is 0 Å². The Bertz CT molecular complexity index is 3270. The molecule has 0 saturated carbocycles. The van der Waals surface area contributed by atoms with Gasteiger partial charge in [0.2, 0.25) is 21.8 Å². The Hall–Kier alpha value is -7.18. The summed E-state index contributed by atoms with van der Waals surface area (Å²) in [5, 5.41) is 3.26. The minimum Gasteiger partial charge on any atom is -0.463 e. The number of hydrogen-bond acceptors (Lipinski definition) is 16. The van der Waals surface area contributed by atoms with Gasteiger partial charge in [-0.15, -0.1) is 0 Å². The average molecular weight is 1050 g/mol. The second-order valence-corrected chi connectivity index (χ2v) is 20.7. The van der Waals surface area contributed by atoms with Gasteiger partial charge in [-0.1, -0.05) is 60.7 Å². The van der Waals surface area contributed by atoms with E-state index in [0.29, 0.717) is 49.1 Å². The first kappa shape index (κ1) is 48.7. The van der Waals surface area contributed by atoms with E-state index in [1.807, 2.05) is 72.8 Å². The highest BCUT2D eigenvalue weighted by Crippen LogP contribution is 2.55. The zero-order valence-corrected chi connectivity index (χ0v) is 42.0. The Balaban J connectivity index is 0.696. The molecule has 2 atom stereocenters. The predicted molar refractivity (Wildman–Crippen MR) is 278 cm³/mol. The second kappa shape index (κ2) is 21.2. The van der Waals surface area contributed by atoms with Gasteiger partial charge in [-0.25, -0.2) is 9.59 Å². The molecule has 0 bridgehead atoms. The molecule has 6 aromatic carbocycles. The van der Waals surface area contributed by atoms with E-state index in [-0.39, 0.29) is 59.1 Å². The highest BCUT2D eigenvalue weighted by molar-refractivity contribution is 8.14. The summed E-state index contributed by atoms with van der Waals surface area (Å²) < 4.78 is 54.7. The van der Waals surface area contributed by atoms with E-state index in [1.165, 1.54) is 35.7 Å². The number of rotatable bonds is 20. The van der Waals surface area contributed by atoms with Crippen LogP contribution < -0.4 is 18.9 Å². The molecule has 0 amide bonds. The molecule has 2 aromatic heterocycles. The number of carbonyl (C=O) groups excluding carboxylic acids is 4. The van der Waals surface area contributed by atoms with Gasteiger partial charge in [-0.05, 0) is 154 Å². The topological polar surface area (TPSA) is 175 Å². The van der Waals surface area contributed by atoms with Crippen LogP contribution in [0.15, 0.2) is 152 Å². The molecular weight excluding hydrogens is 997 g/mol. The normalized spacial score (nSPS) is 18.0. The third-order valence-electron chi connectivity index (χ3n) is 13.7. The van der Waals surface area contributed by atoms with Crippen molar-refractivity contribution in [1.82, 2.24) is 0 Å². The molecule has 4 aliphatic rings. The van der Waals surface area contributed by atoms with Crippen LogP contribution in [0.25, 0.3) is 21.5 Å². The molecule has 8 aromatic rings. The first-order valence-electron chi connectivity index (χ1n) is 24.8. The van der Waals surface area contributed by atoms with Gasteiger partial charge in [0.25, 0.3) is 11.9 Å². The summed E-state index contributed by atoms with van der Waals surface area (Å²) >= 11 is 2.35. The molecule has 4 heterocycles. The van der Waals surface area contributed by atoms with Crippen molar-refractivity contribution in [2.45, 2.75) is 53.1 Å². The zero-order chi connectivity index (χ0) is 50.9. The van der Waals surface area contributed by atoms with Gasteiger partial charge in [-0.2, -0.15) is 0 Å². The quantitative estimate of drug-likeness (QED) is 0.0231. The van der Waals surface area contributed by atoms with Crippen LogP contribution in [0.2, 0.25) is 0 Å². The maximum Gasteiger partial charge on any atom is 0.379 e. The molecule has 2 fully saturated rings. The van der Waals surface area contributed by atoms with Crippen LogP contribution >= 0.6 is 23.5 Å². The lowest BCUT2D eigenvalue weighted by Gasteiger charge is -2.30. The van der Waals surface area contributed by atoms with Gasteiger partial charge >= 0.3 is 11.9 Å². The molecule has 380 valence electrons. The van der Waals surface area contributed by atoms with E-state index < -0.39 is 17.4 Å². The summed E-state index contributed by atoms with van der Waals surface area (Å²) in [6.45, 7) is 3.76. The molecule has 2 saturated heterocycles. The number of benzene rings is 6. The van der Waals surface area contributed by atoms with Gasteiger partial charge in [-0.3, -0.25) is 9.59 Å². The molecule has 2 unspecified atom stereocenters. The Kier molecular flexibility index (Phi) is 13.8. The van der Waals surface area contributed by atoms with Crippen LogP contribution in [0, 0.1) is 0 Å². The number of furan rings is 2. The number of epoxide rings is 2. The molecular formula is C59H48O14S2. The first-order chi connectivity index (χ1) is 36.7. The number of fused-ring (bicyclic) bond motifs is 6. The van der Waals surface area contributed by atoms with Crippen LogP contribution in [0.1, 0.15) is 76.9 Å². The highest BCUT2D eigenvalue weighted by Gasteiger charge is 2.48. The van der Waals surface area contributed by atoms with Gasteiger partial charge < -0.3 is 46.7 Å². The predicted octanol–water partition coefficient (Wildman–Crippen LogP) is 11.2. The standard InChI is InChI=1S/C59H48O14S2/c60-55(49-15-17-51(72-49)66-25-23-64-31-43-33-68-43)70-41-11-7-39-29-45(13-9-37(39)27-41)74-57(62)47-5-1-3-35-19-21-59(53(35)47)22-20-36-4-2-6-48(54(36)59)58(63)75-46-14-10-38-28-42(12-8-40(38)30-46)71-56(61)50-16-18-52(73-50)67-26-24-65-32-44-34-69-44/h1-18,27-30,43-44H,19-26,31-34H2. The Morgan fingerprint density at radius 2 is 0.947 bits per heavy atom. The lowest BCUT2D eigenvalue weighted by atomic mass is 9.73. The Labute approximate surface area is 438 Å². The van der Waals surface area contributed by atoms with Crippen molar-refractivity contribution in [3.8, 4) is 23.4 Å². The van der Waals surface area contributed by atoms with Gasteiger partial charge in [0.1, 0.15) is 36.9 Å². The van der Waals surface area contributed by atoms with E-state index in [2.05, 4.69) is 12.1 Å². The fourth-order valence-corrected chi connectivity index (χ4v) is 11.6. The molecule has 75 heavy (non-hydrogen) atoms. The average Bonchev–Trinajstić information content (AvgIpc) is 4.24. The number of hydrogen-bond donors (Lipinski definition) is 0. The molecule has 2 aliphatic carbocycles. The molecule has 0 radical (unpaired) electrons. The summed E-state index contributed by atoms with van der Waals surface area (Å²) in [6, 6.07) is 40.3. The van der Waals surface area contributed by atoms with Crippen molar-refractivity contribution in [2.24, 2.45) is 0 Å². The third-order valence-corrected chi connectivity index (χ3v) is 15.5. The summed E-state index contributed by atoms with van der Waals surface area (Å²) in [4.78, 5) is 56.5. The first-order valence-corrected chi connectivity index (χ1v) is 26.4. The van der Waals surface area contributed by atoms with Gasteiger partial charge in [0.05, 0.1) is 39.6 Å². The second-order valence-electron chi connectivity index (χ2n) is 18.7. The van der Waals surface area contributed by atoms with E-state index in [0.717, 1.165) is 92.5 Å². The van der Waals surface area contributed by atoms with Crippen molar-refractivity contribution >= 4 is 67.2 Å². The fourth-order valence-electron chi connectivity index (χ4n) is 10.0. The maximum atomic E-state index is 14.5. The lowest BCUT2D eigenvalue weighted by Crippen LogP contribution is -2.26. The largest absolute Gasteiger partial charge is 0.463 e. The monoisotopic (exact) mass is 1040 g/mol. The lowest BCUT2D eigenvalue weighted by molar-refractivity contribution is 0.0662. The Morgan fingerprint density at radius 3 is 1.40 bits per heavy atom. The zero-order valence-electron chi connectivity index (χ0n) is 40.4. The van der Waals surface area contributed by atoms with Crippen LogP contribution in [0.4, 0.5) is 0 Å². The minimum absolute atomic E-state index is 0.00667. The Morgan fingerprint density at radius 1 is 0.507 bits per heavy atom. The van der Waals surface area contributed by atoms with Crippen LogP contribution in [0.5, 0.6) is 23.4 Å². The van der Waals surface area contributed by atoms with E-state index >= 15 is 0 Å². The smallest absolute Gasteiger partial charge is 0.379 e. The van der Waals surface area contributed by atoms with Crippen LogP contribution in [-0.4, -0.2) is 87.2 Å². The summed E-state index contributed by atoms with van der Waals surface area (Å²) in [5.74, 6) is -0.238. The fraction of sp³-hybridized carbons (Fsp3) is 0.254. The number of ether oxygens (including phenoxy) is 8. The molecule has 12 rings (SSSR count). The van der Waals surface area contributed by atoms with Crippen molar-refractivity contribution in [3.05, 3.63) is 178 Å². The summed E-state index contributed by atoms with van der Waals surface area (Å²) in [7, 11) is 0. The van der Waals surface area contributed by atoms with E-state index in [9.17, 15) is 19.2 Å². The highest BCUT2D eigenvalue weighted by atomic mass is 32.2. The number of esters is 2. The molecule has 0 N–H and O–H groups in total. The molecule has 14 nitrogen and oxygen atoms in total. The van der Waals surface area contributed by atoms with Gasteiger partial charge in [0.15, 0.2) is 0 Å². The minimum atomic E-state index is -0.660. The number of thioether (sulfide) groups is 2. The van der Waals surface area contributed by atoms with Crippen LogP contribution in [-0.2, 0) is 37.2 Å². The van der Waals surface area contributed by atoms with Crippen molar-refractivity contribution in [2.75, 3.05) is 52.9 Å². The van der Waals surface area contributed by atoms with Crippen molar-refractivity contribution in [3.63, 3.8) is 0 Å². The molecule has 2 aliphatic heterocycles.